The summed E-state index contributed by atoms with van der Waals surface area (Å²) in [5, 5.41) is 12.1. The Morgan fingerprint density at radius 2 is 1.78 bits per heavy atom. The number of nitrogens with one attached hydrogen (secondary N) is 1. The lowest BCUT2D eigenvalue weighted by Gasteiger charge is -2.33. The quantitative estimate of drug-likeness (QED) is 0.669. The highest BCUT2D eigenvalue weighted by Crippen LogP contribution is 2.21. The molecule has 1 aliphatic rings. The highest BCUT2D eigenvalue weighted by Gasteiger charge is 2.32. The van der Waals surface area contributed by atoms with E-state index in [-0.39, 0.29) is 17.7 Å². The number of carboxylic acids is 1. The van der Waals surface area contributed by atoms with Crippen molar-refractivity contribution in [2.45, 2.75) is 45.2 Å². The van der Waals surface area contributed by atoms with Crippen molar-refractivity contribution in [1.29, 1.82) is 0 Å². The fraction of sp³-hybridized carbons (Fsp3) is 0.550. The molecular formula is C20H29N3O4. The summed E-state index contributed by atoms with van der Waals surface area (Å²) in [5.74, 6) is -1.42. The number of piperidine rings is 1. The largest absolute Gasteiger partial charge is 0.479 e. The van der Waals surface area contributed by atoms with Gasteiger partial charge in [-0.25, -0.2) is 4.79 Å². The Labute approximate surface area is 159 Å². The van der Waals surface area contributed by atoms with Crippen LogP contribution in [0.25, 0.3) is 0 Å². The number of amides is 2. The van der Waals surface area contributed by atoms with Crippen molar-refractivity contribution in [2.75, 3.05) is 13.1 Å². The Morgan fingerprint density at radius 3 is 2.30 bits per heavy atom. The fourth-order valence-electron chi connectivity index (χ4n) is 3.40. The van der Waals surface area contributed by atoms with E-state index in [1.165, 1.54) is 0 Å². The Kier molecular flexibility index (Phi) is 7.36. The van der Waals surface area contributed by atoms with Crippen LogP contribution in [0.2, 0.25) is 0 Å². The standard InChI is InChI=1S/C20H29N3O4/c1-13(2)12-16(21)19(25)23-10-8-15(9-11-23)18(24)22-17(20(26)27)14-6-4-3-5-7-14/h3-7,13,15-17H,8-12,21H2,1-2H3,(H,22,24)(H,26,27). The highest BCUT2D eigenvalue weighted by molar-refractivity contribution is 5.86. The maximum atomic E-state index is 12.5. The first-order chi connectivity index (χ1) is 12.8. The molecule has 1 aliphatic heterocycles. The second-order valence-corrected chi connectivity index (χ2v) is 7.53. The van der Waals surface area contributed by atoms with Crippen molar-refractivity contribution in [3.05, 3.63) is 35.9 Å². The Balaban J connectivity index is 1.90. The maximum absolute atomic E-state index is 12.5. The molecule has 0 aromatic heterocycles. The zero-order valence-corrected chi connectivity index (χ0v) is 15.9. The van der Waals surface area contributed by atoms with Crippen molar-refractivity contribution in [1.82, 2.24) is 10.2 Å². The molecule has 2 rings (SSSR count). The first kappa shape index (κ1) is 20.9. The number of hydrogen-bond donors (Lipinski definition) is 3. The van der Waals surface area contributed by atoms with E-state index in [2.05, 4.69) is 5.32 Å². The van der Waals surface area contributed by atoms with E-state index in [9.17, 15) is 19.5 Å². The van der Waals surface area contributed by atoms with Gasteiger partial charge in [0.2, 0.25) is 11.8 Å². The number of carboxylic acid groups (broad SMARTS) is 1. The van der Waals surface area contributed by atoms with Crippen molar-refractivity contribution in [3.63, 3.8) is 0 Å². The van der Waals surface area contributed by atoms with Crippen LogP contribution in [0.1, 0.15) is 44.7 Å². The molecule has 1 aromatic carbocycles. The van der Waals surface area contributed by atoms with Crippen molar-refractivity contribution in [3.8, 4) is 0 Å². The van der Waals surface area contributed by atoms with Gasteiger partial charge in [0.1, 0.15) is 0 Å². The molecule has 1 saturated heterocycles. The van der Waals surface area contributed by atoms with Crippen LogP contribution >= 0.6 is 0 Å². The summed E-state index contributed by atoms with van der Waals surface area (Å²) in [5.41, 5.74) is 6.50. The average molecular weight is 375 g/mol. The molecular weight excluding hydrogens is 346 g/mol. The molecule has 2 unspecified atom stereocenters. The number of nitrogens with zero attached hydrogens (tertiary/aromatic N) is 1. The van der Waals surface area contributed by atoms with Gasteiger partial charge in [-0.1, -0.05) is 44.2 Å². The third kappa shape index (κ3) is 5.79. The summed E-state index contributed by atoms with van der Waals surface area (Å²) < 4.78 is 0. The van der Waals surface area contributed by atoms with Gasteiger partial charge in [-0.05, 0) is 30.7 Å². The van der Waals surface area contributed by atoms with E-state index >= 15 is 0 Å². The van der Waals surface area contributed by atoms with Crippen LogP contribution < -0.4 is 11.1 Å². The monoisotopic (exact) mass is 375 g/mol. The Bertz CT molecular complexity index is 654. The molecule has 0 radical (unpaired) electrons. The van der Waals surface area contributed by atoms with Crippen LogP contribution in [0.5, 0.6) is 0 Å². The fourth-order valence-corrected chi connectivity index (χ4v) is 3.40. The van der Waals surface area contributed by atoms with Crippen molar-refractivity contribution in [2.24, 2.45) is 17.6 Å². The smallest absolute Gasteiger partial charge is 0.330 e. The number of carbonyl (C=O) groups is 3. The van der Waals surface area contributed by atoms with Crippen LogP contribution in [-0.4, -0.2) is 46.9 Å². The highest BCUT2D eigenvalue weighted by atomic mass is 16.4. The van der Waals surface area contributed by atoms with Gasteiger partial charge in [0.15, 0.2) is 6.04 Å². The lowest BCUT2D eigenvalue weighted by atomic mass is 9.94. The Morgan fingerprint density at radius 1 is 1.19 bits per heavy atom. The minimum Gasteiger partial charge on any atom is -0.479 e. The number of rotatable bonds is 7. The molecule has 0 spiro atoms. The van der Waals surface area contributed by atoms with Crippen LogP contribution in [-0.2, 0) is 14.4 Å². The van der Waals surface area contributed by atoms with Gasteiger partial charge < -0.3 is 21.1 Å². The summed E-state index contributed by atoms with van der Waals surface area (Å²) in [7, 11) is 0. The summed E-state index contributed by atoms with van der Waals surface area (Å²) in [6.07, 6.45) is 1.65. The van der Waals surface area contributed by atoms with Gasteiger partial charge in [-0.3, -0.25) is 9.59 Å². The van der Waals surface area contributed by atoms with E-state index < -0.39 is 18.1 Å². The van der Waals surface area contributed by atoms with E-state index in [1.807, 2.05) is 13.8 Å². The third-order valence-corrected chi connectivity index (χ3v) is 4.89. The molecule has 1 fully saturated rings. The number of hydrogen-bond acceptors (Lipinski definition) is 4. The normalized spacial score (nSPS) is 17.4. The van der Waals surface area contributed by atoms with Crippen LogP contribution in [0.4, 0.5) is 0 Å². The van der Waals surface area contributed by atoms with E-state index in [4.69, 9.17) is 5.73 Å². The van der Waals surface area contributed by atoms with Crippen LogP contribution in [0, 0.1) is 11.8 Å². The molecule has 2 amide bonds. The van der Waals surface area contributed by atoms with Gasteiger partial charge in [0.05, 0.1) is 6.04 Å². The second-order valence-electron chi connectivity index (χ2n) is 7.53. The lowest BCUT2D eigenvalue weighted by Crippen LogP contribution is -2.49. The van der Waals surface area contributed by atoms with E-state index in [1.54, 1.807) is 35.2 Å². The Hall–Kier alpha value is -2.41. The first-order valence-electron chi connectivity index (χ1n) is 9.42. The maximum Gasteiger partial charge on any atom is 0.330 e. The topological polar surface area (TPSA) is 113 Å². The van der Waals surface area contributed by atoms with Crippen LogP contribution in [0.3, 0.4) is 0 Å². The summed E-state index contributed by atoms with van der Waals surface area (Å²) in [4.78, 5) is 38.2. The summed E-state index contributed by atoms with van der Waals surface area (Å²) >= 11 is 0. The van der Waals surface area contributed by atoms with Gasteiger partial charge in [0, 0.05) is 19.0 Å². The van der Waals surface area contributed by atoms with Crippen molar-refractivity contribution < 1.29 is 19.5 Å². The molecule has 0 bridgehead atoms. The van der Waals surface area contributed by atoms with Crippen LogP contribution in [0.15, 0.2) is 30.3 Å². The number of nitrogens with two attached hydrogens (primary N) is 1. The number of aliphatic carboxylic acids is 1. The molecule has 2 atom stereocenters. The van der Waals surface area contributed by atoms with E-state index in [0.29, 0.717) is 43.8 Å². The SMILES string of the molecule is CC(C)CC(N)C(=O)N1CCC(C(=O)NC(C(=O)O)c2ccccc2)CC1. The molecule has 27 heavy (non-hydrogen) atoms. The molecule has 1 aromatic rings. The molecule has 148 valence electrons. The molecule has 7 heteroatoms. The van der Waals surface area contributed by atoms with E-state index in [0.717, 1.165) is 0 Å². The summed E-state index contributed by atoms with van der Waals surface area (Å²) in [6, 6.07) is 7.04. The first-order valence-corrected chi connectivity index (χ1v) is 9.42. The van der Waals surface area contributed by atoms with Gasteiger partial charge in [-0.15, -0.1) is 0 Å². The summed E-state index contributed by atoms with van der Waals surface area (Å²) in [6.45, 7) is 4.97. The van der Waals surface area contributed by atoms with Gasteiger partial charge >= 0.3 is 5.97 Å². The predicted molar refractivity (Wildman–Crippen MR) is 102 cm³/mol. The second kappa shape index (κ2) is 9.50. The number of benzene rings is 1. The van der Waals surface area contributed by atoms with Gasteiger partial charge in [0.25, 0.3) is 0 Å². The molecule has 4 N–H and O–H groups in total. The van der Waals surface area contributed by atoms with Gasteiger partial charge in [-0.2, -0.15) is 0 Å². The van der Waals surface area contributed by atoms with Crippen molar-refractivity contribution >= 4 is 17.8 Å². The minimum atomic E-state index is -1.10. The zero-order chi connectivity index (χ0) is 20.0. The molecule has 1 heterocycles. The zero-order valence-electron chi connectivity index (χ0n) is 15.9. The third-order valence-electron chi connectivity index (χ3n) is 4.89. The molecule has 0 aliphatic carbocycles. The molecule has 0 saturated carbocycles. The lowest BCUT2D eigenvalue weighted by molar-refractivity contribution is -0.143. The molecule has 7 nitrogen and oxygen atoms in total. The average Bonchev–Trinajstić information content (AvgIpc) is 2.65. The predicted octanol–water partition coefficient (Wildman–Crippen LogP) is 1.54. The minimum absolute atomic E-state index is 0.0738. The number of likely N-dealkylation sites (tertiary alicyclic amines) is 1. The number of carbonyl (C=O) groups excluding carboxylic acids is 2.